The van der Waals surface area contributed by atoms with Crippen molar-refractivity contribution in [2.24, 2.45) is 0 Å². The number of carbonyl (C=O) groups is 1. The van der Waals surface area contributed by atoms with Crippen LogP contribution in [-0.2, 0) is 0 Å². The minimum atomic E-state index is -4.74. The normalized spacial score (nSPS) is 24.6. The number of hydrogen-bond acceptors (Lipinski definition) is 3. The average molecular weight is 263 g/mol. The van der Waals surface area contributed by atoms with Crippen LogP contribution in [-0.4, -0.2) is 40.8 Å². The molecule has 1 aliphatic heterocycles. The maximum absolute atomic E-state index is 12.6. The molecular formula is C11H12F3NO3. The van der Waals surface area contributed by atoms with Crippen molar-refractivity contribution in [1.29, 1.82) is 0 Å². The third-order valence-electron chi connectivity index (χ3n) is 3.01. The molecule has 1 aliphatic rings. The number of amides is 1. The van der Waals surface area contributed by atoms with Gasteiger partial charge in [0.15, 0.2) is 11.4 Å². The molecule has 0 saturated carbocycles. The van der Waals surface area contributed by atoms with Gasteiger partial charge in [-0.05, 0) is 19.1 Å². The van der Waals surface area contributed by atoms with Gasteiger partial charge in [0.1, 0.15) is 5.76 Å². The van der Waals surface area contributed by atoms with E-state index in [1.165, 1.54) is 6.07 Å². The maximum atomic E-state index is 12.6. The molecule has 1 fully saturated rings. The Morgan fingerprint density at radius 1 is 1.50 bits per heavy atom. The lowest BCUT2D eigenvalue weighted by Crippen LogP contribution is -2.48. The predicted molar refractivity (Wildman–Crippen MR) is 55.0 cm³/mol. The molecule has 0 aliphatic carbocycles. The van der Waals surface area contributed by atoms with Gasteiger partial charge in [-0.25, -0.2) is 0 Å². The van der Waals surface area contributed by atoms with E-state index in [0.29, 0.717) is 5.76 Å². The summed E-state index contributed by atoms with van der Waals surface area (Å²) >= 11 is 0. The number of nitrogens with zero attached hydrogens (tertiary/aromatic N) is 1. The number of aryl methyl sites for hydroxylation is 1. The number of carbonyl (C=O) groups excluding carboxylic acids is 1. The molecule has 4 nitrogen and oxygen atoms in total. The Morgan fingerprint density at radius 3 is 2.61 bits per heavy atom. The quantitative estimate of drug-likeness (QED) is 0.839. The predicted octanol–water partition coefficient (Wildman–Crippen LogP) is 1.73. The van der Waals surface area contributed by atoms with Crippen molar-refractivity contribution < 1.29 is 27.5 Å². The standard InChI is InChI=1S/C11H12F3NO3/c1-7-2-3-8(18-7)9(16)15-5-4-10(17,6-15)11(12,13)14/h2-3,17H,4-6H2,1H3/t10-/m0/s1. The van der Waals surface area contributed by atoms with Crippen LogP contribution in [0.5, 0.6) is 0 Å². The summed E-state index contributed by atoms with van der Waals surface area (Å²) in [7, 11) is 0. The zero-order valence-corrected chi connectivity index (χ0v) is 9.62. The fraction of sp³-hybridized carbons (Fsp3) is 0.545. The Labute approximate surface area is 101 Å². The van der Waals surface area contributed by atoms with Crippen LogP contribution in [0.3, 0.4) is 0 Å². The van der Waals surface area contributed by atoms with E-state index in [1.54, 1.807) is 13.0 Å². The lowest BCUT2D eigenvalue weighted by Gasteiger charge is -2.25. The van der Waals surface area contributed by atoms with Gasteiger partial charge in [-0.3, -0.25) is 4.79 Å². The van der Waals surface area contributed by atoms with E-state index in [0.717, 1.165) is 4.90 Å². The van der Waals surface area contributed by atoms with Gasteiger partial charge >= 0.3 is 6.18 Å². The summed E-state index contributed by atoms with van der Waals surface area (Å²) < 4.78 is 42.8. The Hall–Kier alpha value is -1.50. The first kappa shape index (κ1) is 12.9. The monoisotopic (exact) mass is 263 g/mol. The summed E-state index contributed by atoms with van der Waals surface area (Å²) in [6, 6.07) is 2.96. The smallest absolute Gasteiger partial charge is 0.419 e. The molecule has 1 saturated heterocycles. The summed E-state index contributed by atoms with van der Waals surface area (Å²) in [6.07, 6.45) is -5.25. The van der Waals surface area contributed by atoms with Crippen LogP contribution in [0.15, 0.2) is 16.5 Å². The molecule has 1 amide bonds. The van der Waals surface area contributed by atoms with E-state index in [1.807, 2.05) is 0 Å². The molecule has 7 heteroatoms. The van der Waals surface area contributed by atoms with Gasteiger partial charge in [0.05, 0.1) is 6.54 Å². The molecule has 2 rings (SSSR count). The molecule has 1 aromatic rings. The SMILES string of the molecule is Cc1ccc(C(=O)N2CC[C@@](O)(C(F)(F)F)C2)o1. The lowest BCUT2D eigenvalue weighted by molar-refractivity contribution is -0.253. The molecular weight excluding hydrogens is 251 g/mol. The fourth-order valence-electron chi connectivity index (χ4n) is 1.90. The molecule has 18 heavy (non-hydrogen) atoms. The third-order valence-corrected chi connectivity index (χ3v) is 3.01. The maximum Gasteiger partial charge on any atom is 0.419 e. The number of halogens is 3. The zero-order valence-electron chi connectivity index (χ0n) is 9.62. The lowest BCUT2D eigenvalue weighted by atomic mass is 10.0. The van der Waals surface area contributed by atoms with Crippen molar-refractivity contribution in [1.82, 2.24) is 4.90 Å². The topological polar surface area (TPSA) is 53.7 Å². The second kappa shape index (κ2) is 4.01. The van der Waals surface area contributed by atoms with Crippen LogP contribution < -0.4 is 0 Å². The van der Waals surface area contributed by atoms with Gasteiger partial charge < -0.3 is 14.4 Å². The number of likely N-dealkylation sites (tertiary alicyclic amines) is 1. The number of furan rings is 1. The second-order valence-corrected chi connectivity index (χ2v) is 4.42. The molecule has 0 unspecified atom stereocenters. The molecule has 2 heterocycles. The molecule has 0 radical (unpaired) electrons. The molecule has 100 valence electrons. The van der Waals surface area contributed by atoms with E-state index in [-0.39, 0.29) is 12.3 Å². The van der Waals surface area contributed by atoms with Crippen molar-refractivity contribution in [2.45, 2.75) is 25.1 Å². The summed E-state index contributed by atoms with van der Waals surface area (Å²) in [4.78, 5) is 12.8. The van der Waals surface area contributed by atoms with Crippen LogP contribution in [0.25, 0.3) is 0 Å². The Morgan fingerprint density at radius 2 is 2.17 bits per heavy atom. The highest BCUT2D eigenvalue weighted by Gasteiger charge is 2.58. The van der Waals surface area contributed by atoms with Crippen molar-refractivity contribution in [3.05, 3.63) is 23.7 Å². The molecule has 0 bridgehead atoms. The van der Waals surface area contributed by atoms with Crippen LogP contribution in [0.2, 0.25) is 0 Å². The highest BCUT2D eigenvalue weighted by molar-refractivity contribution is 5.91. The van der Waals surface area contributed by atoms with Crippen molar-refractivity contribution in [3.63, 3.8) is 0 Å². The third kappa shape index (κ3) is 2.10. The summed E-state index contributed by atoms with van der Waals surface area (Å²) in [5.74, 6) is -0.147. The van der Waals surface area contributed by atoms with Gasteiger partial charge in [0.2, 0.25) is 0 Å². The summed E-state index contributed by atoms with van der Waals surface area (Å²) in [6.45, 7) is 0.733. The number of β-amino-alcohol motifs (C(OH)–C–C–N with tert-alkyl or cyclic N) is 1. The Kier molecular flexibility index (Phi) is 2.89. The largest absolute Gasteiger partial charge is 0.456 e. The van der Waals surface area contributed by atoms with Gasteiger partial charge in [-0.15, -0.1) is 0 Å². The Balaban J connectivity index is 2.12. The first-order valence-electron chi connectivity index (χ1n) is 5.38. The molecule has 1 atom stereocenters. The first-order valence-corrected chi connectivity index (χ1v) is 5.38. The second-order valence-electron chi connectivity index (χ2n) is 4.42. The van der Waals surface area contributed by atoms with E-state index < -0.39 is 30.7 Å². The van der Waals surface area contributed by atoms with Crippen LogP contribution >= 0.6 is 0 Å². The van der Waals surface area contributed by atoms with Gasteiger partial charge in [0.25, 0.3) is 5.91 Å². The van der Waals surface area contributed by atoms with Crippen molar-refractivity contribution >= 4 is 5.91 Å². The number of aliphatic hydroxyl groups is 1. The average Bonchev–Trinajstić information content (AvgIpc) is 2.84. The number of rotatable bonds is 1. The minimum Gasteiger partial charge on any atom is -0.456 e. The highest BCUT2D eigenvalue weighted by atomic mass is 19.4. The van der Waals surface area contributed by atoms with E-state index >= 15 is 0 Å². The van der Waals surface area contributed by atoms with Crippen LogP contribution in [0.4, 0.5) is 13.2 Å². The summed E-state index contributed by atoms with van der Waals surface area (Å²) in [5, 5.41) is 9.45. The van der Waals surface area contributed by atoms with Gasteiger partial charge in [-0.1, -0.05) is 0 Å². The van der Waals surface area contributed by atoms with Crippen molar-refractivity contribution in [3.8, 4) is 0 Å². The van der Waals surface area contributed by atoms with Crippen LogP contribution in [0, 0.1) is 6.92 Å². The molecule has 1 aromatic heterocycles. The number of hydrogen-bond donors (Lipinski definition) is 1. The van der Waals surface area contributed by atoms with Crippen LogP contribution in [0.1, 0.15) is 22.7 Å². The van der Waals surface area contributed by atoms with E-state index in [9.17, 15) is 23.1 Å². The zero-order chi connectivity index (χ0) is 13.6. The molecule has 0 aromatic carbocycles. The summed E-state index contributed by atoms with van der Waals surface area (Å²) in [5.41, 5.74) is -2.82. The van der Waals surface area contributed by atoms with Crippen molar-refractivity contribution in [2.75, 3.05) is 13.1 Å². The van der Waals surface area contributed by atoms with Gasteiger partial charge in [0, 0.05) is 13.0 Å². The number of alkyl halides is 3. The molecule has 0 spiro atoms. The minimum absolute atomic E-state index is 0.0149. The first-order chi connectivity index (χ1) is 8.23. The molecule has 1 N–H and O–H groups in total. The van der Waals surface area contributed by atoms with Gasteiger partial charge in [-0.2, -0.15) is 13.2 Å². The van der Waals surface area contributed by atoms with E-state index in [2.05, 4.69) is 0 Å². The van der Waals surface area contributed by atoms with E-state index in [4.69, 9.17) is 4.42 Å². The fourth-order valence-corrected chi connectivity index (χ4v) is 1.90. The Bertz CT molecular complexity index is 468. The highest BCUT2D eigenvalue weighted by Crippen LogP contribution is 2.38.